The third kappa shape index (κ3) is 3.07. The Labute approximate surface area is 110 Å². The predicted molar refractivity (Wildman–Crippen MR) is 73.6 cm³/mol. The number of benzene rings is 1. The highest BCUT2D eigenvalue weighted by molar-refractivity contribution is 8.00. The van der Waals surface area contributed by atoms with Gasteiger partial charge in [-0.1, -0.05) is 0 Å². The smallest absolute Gasteiger partial charge is 0.292 e. The second-order valence-corrected chi connectivity index (χ2v) is 5.56. The van der Waals surface area contributed by atoms with Crippen molar-refractivity contribution in [2.45, 2.75) is 18.1 Å². The molecule has 0 aliphatic carbocycles. The molecule has 1 fully saturated rings. The lowest BCUT2D eigenvalue weighted by Gasteiger charge is -2.12. The van der Waals surface area contributed by atoms with Gasteiger partial charge in [0, 0.05) is 23.9 Å². The number of ether oxygens (including phenoxy) is 1. The van der Waals surface area contributed by atoms with Gasteiger partial charge in [0.1, 0.15) is 11.4 Å². The first-order chi connectivity index (χ1) is 8.70. The number of hydrogen-bond acceptors (Lipinski definition) is 5. The molecule has 0 amide bonds. The van der Waals surface area contributed by atoms with E-state index in [1.54, 1.807) is 19.2 Å². The number of nitrogens with zero attached hydrogens (tertiary/aromatic N) is 1. The van der Waals surface area contributed by atoms with Crippen LogP contribution in [0.1, 0.15) is 12.8 Å². The Morgan fingerprint density at radius 3 is 3.06 bits per heavy atom. The number of anilines is 1. The Morgan fingerprint density at radius 2 is 2.44 bits per heavy atom. The van der Waals surface area contributed by atoms with Crippen LogP contribution in [-0.4, -0.2) is 29.6 Å². The van der Waals surface area contributed by atoms with Crippen LogP contribution in [-0.2, 0) is 0 Å². The molecule has 1 aliphatic heterocycles. The highest BCUT2D eigenvalue weighted by atomic mass is 32.2. The Morgan fingerprint density at radius 1 is 1.61 bits per heavy atom. The van der Waals surface area contributed by atoms with Crippen molar-refractivity contribution in [3.8, 4) is 5.75 Å². The monoisotopic (exact) mass is 268 g/mol. The third-order valence-corrected chi connectivity index (χ3v) is 4.34. The van der Waals surface area contributed by atoms with E-state index in [4.69, 9.17) is 4.74 Å². The molecule has 18 heavy (non-hydrogen) atoms. The molecule has 6 heteroatoms. The van der Waals surface area contributed by atoms with Gasteiger partial charge in [-0.3, -0.25) is 10.1 Å². The first-order valence-corrected chi connectivity index (χ1v) is 6.93. The van der Waals surface area contributed by atoms with E-state index in [0.29, 0.717) is 16.7 Å². The summed E-state index contributed by atoms with van der Waals surface area (Å²) >= 11 is 1.92. The van der Waals surface area contributed by atoms with Crippen LogP contribution < -0.4 is 10.1 Å². The van der Waals surface area contributed by atoms with Gasteiger partial charge in [0.05, 0.1) is 12.0 Å². The molecule has 0 bridgehead atoms. The number of nitrogens with one attached hydrogen (secondary N) is 1. The van der Waals surface area contributed by atoms with Crippen molar-refractivity contribution in [2.24, 2.45) is 0 Å². The van der Waals surface area contributed by atoms with Gasteiger partial charge in [-0.2, -0.15) is 11.8 Å². The highest BCUT2D eigenvalue weighted by Crippen LogP contribution is 2.31. The first kappa shape index (κ1) is 13.0. The molecule has 0 radical (unpaired) electrons. The SMILES string of the molecule is COc1ccc([N+](=O)[O-])c(NCC2CCCS2)c1. The number of thioether (sulfide) groups is 1. The second kappa shape index (κ2) is 5.95. The molecule has 1 aliphatic rings. The molecular weight excluding hydrogens is 252 g/mol. The average molecular weight is 268 g/mol. The maximum absolute atomic E-state index is 10.9. The predicted octanol–water partition coefficient (Wildman–Crippen LogP) is 2.91. The zero-order valence-corrected chi connectivity index (χ0v) is 11.0. The van der Waals surface area contributed by atoms with Crippen LogP contribution in [0.4, 0.5) is 11.4 Å². The van der Waals surface area contributed by atoms with Crippen LogP contribution >= 0.6 is 11.8 Å². The Bertz CT molecular complexity index is 433. The second-order valence-electron chi connectivity index (χ2n) is 4.16. The van der Waals surface area contributed by atoms with Gasteiger partial charge in [-0.15, -0.1) is 0 Å². The Hall–Kier alpha value is -1.43. The van der Waals surface area contributed by atoms with Gasteiger partial charge in [0.25, 0.3) is 5.69 Å². The zero-order valence-electron chi connectivity index (χ0n) is 10.2. The summed E-state index contributed by atoms with van der Waals surface area (Å²) in [4.78, 5) is 10.6. The third-order valence-electron chi connectivity index (χ3n) is 2.94. The normalized spacial score (nSPS) is 18.6. The minimum absolute atomic E-state index is 0.0961. The highest BCUT2D eigenvalue weighted by Gasteiger charge is 2.18. The molecule has 98 valence electrons. The summed E-state index contributed by atoms with van der Waals surface area (Å²) < 4.78 is 5.09. The maximum atomic E-state index is 10.9. The van der Waals surface area contributed by atoms with Crippen molar-refractivity contribution < 1.29 is 9.66 Å². The molecule has 1 unspecified atom stereocenters. The summed E-state index contributed by atoms with van der Waals surface area (Å²) in [5.41, 5.74) is 0.630. The molecule has 1 atom stereocenters. The van der Waals surface area contributed by atoms with E-state index >= 15 is 0 Å². The van der Waals surface area contributed by atoms with Gasteiger partial charge in [0.2, 0.25) is 0 Å². The van der Waals surface area contributed by atoms with Crippen molar-refractivity contribution in [2.75, 3.05) is 24.7 Å². The summed E-state index contributed by atoms with van der Waals surface area (Å²) in [5, 5.41) is 14.7. The lowest BCUT2D eigenvalue weighted by Crippen LogP contribution is -2.14. The van der Waals surface area contributed by atoms with Gasteiger partial charge >= 0.3 is 0 Å². The summed E-state index contributed by atoms with van der Waals surface area (Å²) in [6.45, 7) is 0.763. The van der Waals surface area contributed by atoms with Crippen LogP contribution in [0.15, 0.2) is 18.2 Å². The minimum Gasteiger partial charge on any atom is -0.497 e. The molecular formula is C12H16N2O3S. The van der Waals surface area contributed by atoms with Crippen molar-refractivity contribution in [1.82, 2.24) is 0 Å². The number of hydrogen-bond donors (Lipinski definition) is 1. The molecule has 1 N–H and O–H groups in total. The fraction of sp³-hybridized carbons (Fsp3) is 0.500. The van der Waals surface area contributed by atoms with Gasteiger partial charge in [-0.25, -0.2) is 0 Å². The van der Waals surface area contributed by atoms with E-state index in [1.165, 1.54) is 24.7 Å². The van der Waals surface area contributed by atoms with Gasteiger partial charge in [-0.05, 0) is 24.7 Å². The lowest BCUT2D eigenvalue weighted by molar-refractivity contribution is -0.384. The fourth-order valence-electron chi connectivity index (χ4n) is 1.97. The van der Waals surface area contributed by atoms with Gasteiger partial charge in [0.15, 0.2) is 0 Å². The van der Waals surface area contributed by atoms with Crippen LogP contribution in [0.25, 0.3) is 0 Å². The summed E-state index contributed by atoms with van der Waals surface area (Å²) in [7, 11) is 1.55. The van der Waals surface area contributed by atoms with Crippen LogP contribution in [0.5, 0.6) is 5.75 Å². The molecule has 1 saturated heterocycles. The van der Waals surface area contributed by atoms with E-state index in [1.807, 2.05) is 11.8 Å². The molecule has 0 saturated carbocycles. The van der Waals surface area contributed by atoms with Crippen molar-refractivity contribution >= 4 is 23.1 Å². The van der Waals surface area contributed by atoms with E-state index < -0.39 is 0 Å². The molecule has 0 spiro atoms. The Kier molecular flexibility index (Phi) is 4.30. The summed E-state index contributed by atoms with van der Waals surface area (Å²) in [6, 6.07) is 4.76. The number of rotatable bonds is 5. The van der Waals surface area contributed by atoms with E-state index in [0.717, 1.165) is 6.54 Å². The number of nitro groups is 1. The molecule has 1 aromatic carbocycles. The van der Waals surface area contributed by atoms with Gasteiger partial charge < -0.3 is 10.1 Å². The van der Waals surface area contributed by atoms with Crippen molar-refractivity contribution in [3.63, 3.8) is 0 Å². The molecule has 2 rings (SSSR count). The van der Waals surface area contributed by atoms with E-state index in [-0.39, 0.29) is 10.6 Å². The average Bonchev–Trinajstić information content (AvgIpc) is 2.88. The largest absolute Gasteiger partial charge is 0.497 e. The van der Waals surface area contributed by atoms with E-state index in [2.05, 4.69) is 5.32 Å². The quantitative estimate of drug-likeness (QED) is 0.657. The number of nitro benzene ring substituents is 1. The summed E-state index contributed by atoms with van der Waals surface area (Å²) in [5.74, 6) is 1.81. The standard InChI is InChI=1S/C12H16N2O3S/c1-17-9-4-5-12(14(15)16)11(7-9)13-8-10-3-2-6-18-10/h4-5,7,10,13H,2-3,6,8H2,1H3. The molecule has 5 nitrogen and oxygen atoms in total. The fourth-order valence-corrected chi connectivity index (χ4v) is 3.17. The maximum Gasteiger partial charge on any atom is 0.292 e. The molecule has 0 aromatic heterocycles. The molecule has 1 aromatic rings. The van der Waals surface area contributed by atoms with Crippen LogP contribution in [0.2, 0.25) is 0 Å². The molecule has 1 heterocycles. The van der Waals surface area contributed by atoms with E-state index in [9.17, 15) is 10.1 Å². The minimum atomic E-state index is -0.371. The summed E-state index contributed by atoms with van der Waals surface area (Å²) in [6.07, 6.45) is 2.41. The lowest BCUT2D eigenvalue weighted by atomic mass is 10.2. The first-order valence-electron chi connectivity index (χ1n) is 5.88. The van der Waals surface area contributed by atoms with Crippen molar-refractivity contribution in [1.29, 1.82) is 0 Å². The Balaban J connectivity index is 2.10. The zero-order chi connectivity index (χ0) is 13.0. The van der Waals surface area contributed by atoms with Crippen molar-refractivity contribution in [3.05, 3.63) is 28.3 Å². The van der Waals surface area contributed by atoms with Crippen LogP contribution in [0, 0.1) is 10.1 Å². The number of methoxy groups -OCH3 is 1. The van der Waals surface area contributed by atoms with Crippen LogP contribution in [0.3, 0.4) is 0 Å². The topological polar surface area (TPSA) is 64.4 Å².